The van der Waals surface area contributed by atoms with Crippen LogP contribution in [0.2, 0.25) is 5.15 Å². The highest BCUT2D eigenvalue weighted by Gasteiger charge is 2.22. The summed E-state index contributed by atoms with van der Waals surface area (Å²) < 4.78 is 39.7. The normalized spacial score (nSPS) is 10.5. The van der Waals surface area contributed by atoms with Crippen molar-refractivity contribution >= 4 is 23.2 Å². The molecule has 0 aliphatic heterocycles. The number of phenolic OH excluding ortho intramolecular Hbond substituents is 1. The number of aromatic nitrogens is 1. The standard InChI is InChI=1S/C13H8ClF3N2O2/c1-5-8(2-3-9(14)18-5)19-13(21)6-4-7(15)11(17)12(20)10(6)16/h2-4,20H,1H3,(H,19,21). The highest BCUT2D eigenvalue weighted by Crippen LogP contribution is 2.26. The molecule has 2 N–H and O–H groups in total. The number of pyridine rings is 1. The van der Waals surface area contributed by atoms with Crippen molar-refractivity contribution in [3.8, 4) is 5.75 Å². The second kappa shape index (κ2) is 5.61. The number of halogens is 4. The maximum atomic E-state index is 13.6. The van der Waals surface area contributed by atoms with Crippen LogP contribution in [0.3, 0.4) is 0 Å². The van der Waals surface area contributed by atoms with Gasteiger partial charge in [0.25, 0.3) is 5.91 Å². The number of anilines is 1. The van der Waals surface area contributed by atoms with E-state index >= 15 is 0 Å². The highest BCUT2D eigenvalue weighted by atomic mass is 35.5. The third-order valence-corrected chi connectivity index (χ3v) is 2.89. The van der Waals surface area contributed by atoms with Crippen molar-refractivity contribution in [3.05, 3.63) is 52.1 Å². The van der Waals surface area contributed by atoms with Crippen molar-refractivity contribution in [2.75, 3.05) is 5.32 Å². The first-order valence-electron chi connectivity index (χ1n) is 5.62. The minimum Gasteiger partial charge on any atom is -0.503 e. The monoisotopic (exact) mass is 316 g/mol. The Bertz CT molecular complexity index is 738. The minimum absolute atomic E-state index is 0.196. The summed E-state index contributed by atoms with van der Waals surface area (Å²) in [5.74, 6) is -7.45. The summed E-state index contributed by atoms with van der Waals surface area (Å²) in [6, 6.07) is 3.17. The third-order valence-electron chi connectivity index (χ3n) is 2.68. The molecule has 2 aromatic rings. The van der Waals surface area contributed by atoms with Crippen LogP contribution in [-0.2, 0) is 0 Å². The van der Waals surface area contributed by atoms with Crippen LogP contribution in [0.25, 0.3) is 0 Å². The zero-order valence-corrected chi connectivity index (χ0v) is 11.3. The molecule has 110 valence electrons. The number of phenols is 1. The first kappa shape index (κ1) is 15.1. The van der Waals surface area contributed by atoms with Crippen molar-refractivity contribution in [1.29, 1.82) is 0 Å². The molecule has 4 nitrogen and oxygen atoms in total. The fourth-order valence-electron chi connectivity index (χ4n) is 1.61. The van der Waals surface area contributed by atoms with Gasteiger partial charge in [0.15, 0.2) is 17.4 Å². The topological polar surface area (TPSA) is 62.2 Å². The number of nitrogens with zero attached hydrogens (tertiary/aromatic N) is 1. The quantitative estimate of drug-likeness (QED) is 0.659. The van der Waals surface area contributed by atoms with E-state index in [-0.39, 0.29) is 10.8 Å². The molecule has 1 aromatic carbocycles. The average molecular weight is 317 g/mol. The summed E-state index contributed by atoms with van der Waals surface area (Å²) >= 11 is 5.65. The fourth-order valence-corrected chi connectivity index (χ4v) is 1.80. The number of aromatic hydroxyl groups is 1. The lowest BCUT2D eigenvalue weighted by atomic mass is 10.1. The number of carbonyl (C=O) groups is 1. The number of aryl methyl sites for hydroxylation is 1. The summed E-state index contributed by atoms with van der Waals surface area (Å²) in [6.07, 6.45) is 0. The van der Waals surface area contributed by atoms with Gasteiger partial charge in [0.2, 0.25) is 5.82 Å². The van der Waals surface area contributed by atoms with Crippen LogP contribution in [0.4, 0.5) is 18.9 Å². The van der Waals surface area contributed by atoms with E-state index < -0.39 is 34.7 Å². The number of hydrogen-bond donors (Lipinski definition) is 2. The third kappa shape index (κ3) is 2.92. The van der Waals surface area contributed by atoms with Crippen molar-refractivity contribution in [3.63, 3.8) is 0 Å². The number of carbonyl (C=O) groups excluding carboxylic acids is 1. The van der Waals surface area contributed by atoms with Gasteiger partial charge < -0.3 is 10.4 Å². The molecule has 0 fully saturated rings. The molecule has 0 unspecified atom stereocenters. The van der Waals surface area contributed by atoms with Crippen molar-refractivity contribution in [2.45, 2.75) is 6.92 Å². The molecule has 1 amide bonds. The maximum Gasteiger partial charge on any atom is 0.258 e. The van der Waals surface area contributed by atoms with Gasteiger partial charge in [-0.25, -0.2) is 13.8 Å². The lowest BCUT2D eigenvalue weighted by Crippen LogP contribution is -2.16. The Hall–Kier alpha value is -2.28. The van der Waals surface area contributed by atoms with Gasteiger partial charge in [0, 0.05) is 0 Å². The second-order valence-corrected chi connectivity index (χ2v) is 4.49. The molecule has 2 rings (SSSR count). The van der Waals surface area contributed by atoms with Gasteiger partial charge in [-0.15, -0.1) is 0 Å². The average Bonchev–Trinajstić information content (AvgIpc) is 2.43. The molecular formula is C13H8ClF3N2O2. The first-order chi connectivity index (χ1) is 9.81. The number of benzene rings is 1. The van der Waals surface area contributed by atoms with Crippen LogP contribution < -0.4 is 5.32 Å². The van der Waals surface area contributed by atoms with E-state index in [4.69, 9.17) is 16.7 Å². The van der Waals surface area contributed by atoms with E-state index in [1.807, 2.05) is 0 Å². The second-order valence-electron chi connectivity index (χ2n) is 4.10. The van der Waals surface area contributed by atoms with E-state index in [2.05, 4.69) is 10.3 Å². The Morgan fingerprint density at radius 3 is 2.57 bits per heavy atom. The first-order valence-corrected chi connectivity index (χ1v) is 6.00. The fraction of sp³-hybridized carbons (Fsp3) is 0.0769. The van der Waals surface area contributed by atoms with Crippen molar-refractivity contribution in [1.82, 2.24) is 4.98 Å². The molecule has 0 spiro atoms. The zero-order valence-electron chi connectivity index (χ0n) is 10.5. The van der Waals surface area contributed by atoms with E-state index in [1.165, 1.54) is 12.1 Å². The van der Waals surface area contributed by atoms with Gasteiger partial charge in [-0.2, -0.15) is 4.39 Å². The summed E-state index contributed by atoms with van der Waals surface area (Å²) in [5, 5.41) is 11.5. The molecule has 0 saturated carbocycles. The van der Waals surface area contributed by atoms with Crippen LogP contribution in [0, 0.1) is 24.4 Å². The van der Waals surface area contributed by atoms with Crippen molar-refractivity contribution in [2.24, 2.45) is 0 Å². The lowest BCUT2D eigenvalue weighted by molar-refractivity contribution is 0.102. The molecule has 0 atom stereocenters. The Kier molecular flexibility index (Phi) is 4.04. The lowest BCUT2D eigenvalue weighted by Gasteiger charge is -2.10. The van der Waals surface area contributed by atoms with E-state index in [0.717, 1.165) is 0 Å². The molecule has 0 radical (unpaired) electrons. The number of nitrogens with one attached hydrogen (secondary N) is 1. The van der Waals surface area contributed by atoms with Gasteiger partial charge in [-0.3, -0.25) is 4.79 Å². The maximum absolute atomic E-state index is 13.6. The SMILES string of the molecule is Cc1nc(Cl)ccc1NC(=O)c1cc(F)c(F)c(O)c1F. The molecule has 0 aliphatic carbocycles. The number of hydrogen-bond acceptors (Lipinski definition) is 3. The van der Waals surface area contributed by atoms with Crippen LogP contribution >= 0.6 is 11.6 Å². The Morgan fingerprint density at radius 1 is 1.29 bits per heavy atom. The Morgan fingerprint density at radius 2 is 1.95 bits per heavy atom. The molecule has 8 heteroatoms. The summed E-state index contributed by atoms with van der Waals surface area (Å²) in [4.78, 5) is 15.7. The molecular weight excluding hydrogens is 309 g/mol. The summed E-state index contributed by atoms with van der Waals surface area (Å²) in [5.41, 5.74) is -0.267. The predicted octanol–water partition coefficient (Wildman–Crippen LogP) is 3.42. The van der Waals surface area contributed by atoms with Crippen molar-refractivity contribution < 1.29 is 23.1 Å². The minimum atomic E-state index is -1.76. The Balaban J connectivity index is 2.37. The smallest absolute Gasteiger partial charge is 0.258 e. The molecule has 0 saturated heterocycles. The predicted molar refractivity (Wildman–Crippen MR) is 69.9 cm³/mol. The summed E-state index contributed by atoms with van der Waals surface area (Å²) in [7, 11) is 0. The van der Waals surface area contributed by atoms with Crippen LogP contribution in [-0.4, -0.2) is 16.0 Å². The highest BCUT2D eigenvalue weighted by molar-refractivity contribution is 6.29. The van der Waals surface area contributed by atoms with Gasteiger partial charge >= 0.3 is 0 Å². The van der Waals surface area contributed by atoms with E-state index in [9.17, 15) is 18.0 Å². The summed E-state index contributed by atoms with van der Waals surface area (Å²) in [6.45, 7) is 1.54. The largest absolute Gasteiger partial charge is 0.503 e. The zero-order chi connectivity index (χ0) is 15.7. The van der Waals surface area contributed by atoms with Crippen LogP contribution in [0.1, 0.15) is 16.1 Å². The van der Waals surface area contributed by atoms with Crippen LogP contribution in [0.5, 0.6) is 5.75 Å². The molecule has 21 heavy (non-hydrogen) atoms. The number of rotatable bonds is 2. The van der Waals surface area contributed by atoms with Crippen LogP contribution in [0.15, 0.2) is 18.2 Å². The van der Waals surface area contributed by atoms with E-state index in [0.29, 0.717) is 11.8 Å². The molecule has 1 heterocycles. The van der Waals surface area contributed by atoms with Gasteiger partial charge in [-0.05, 0) is 25.1 Å². The van der Waals surface area contributed by atoms with E-state index in [1.54, 1.807) is 6.92 Å². The number of amides is 1. The van der Waals surface area contributed by atoms with Gasteiger partial charge in [-0.1, -0.05) is 11.6 Å². The molecule has 0 aliphatic rings. The van der Waals surface area contributed by atoms with Gasteiger partial charge in [0.05, 0.1) is 16.9 Å². The Labute approximate surface area is 122 Å². The van der Waals surface area contributed by atoms with Gasteiger partial charge in [0.1, 0.15) is 5.15 Å². The molecule has 0 bridgehead atoms. The molecule has 1 aromatic heterocycles.